The van der Waals surface area contributed by atoms with E-state index in [1.54, 1.807) is 18.7 Å². The largest absolute Gasteiger partial charge is 0.332 e. The van der Waals surface area contributed by atoms with Crippen LogP contribution in [0.5, 0.6) is 0 Å². The molecule has 1 fully saturated rings. The standard InChI is InChI=1S/C17H12FN7O/c18-10-3-4-12-11(5-10)16-22-20-8-24(16)6-13-14(19-7-25(12)13)17-21-15(23-26-17)9-1-2-9/h3-5,7-9H,1-2,6H2. The number of nitrogens with zero attached hydrogens (tertiary/aromatic N) is 7. The van der Waals surface area contributed by atoms with Crippen LogP contribution in [0.15, 0.2) is 35.4 Å². The molecule has 4 aromatic rings. The van der Waals surface area contributed by atoms with Gasteiger partial charge in [0.2, 0.25) is 0 Å². The summed E-state index contributed by atoms with van der Waals surface area (Å²) in [5.41, 5.74) is 2.94. The molecule has 0 N–H and O–H groups in total. The molecule has 0 radical (unpaired) electrons. The Morgan fingerprint density at radius 2 is 2.12 bits per heavy atom. The fourth-order valence-corrected chi connectivity index (χ4v) is 3.39. The smallest absolute Gasteiger partial charge is 0.278 e. The molecule has 0 bridgehead atoms. The summed E-state index contributed by atoms with van der Waals surface area (Å²) in [6.07, 6.45) is 5.52. The lowest BCUT2D eigenvalue weighted by Gasteiger charge is -2.08. The van der Waals surface area contributed by atoms with Crippen molar-refractivity contribution < 1.29 is 8.91 Å². The molecular formula is C17H12FN7O. The van der Waals surface area contributed by atoms with Gasteiger partial charge in [0.05, 0.1) is 17.9 Å². The zero-order valence-corrected chi connectivity index (χ0v) is 13.5. The number of halogens is 1. The average Bonchev–Trinajstić information content (AvgIpc) is 3.06. The summed E-state index contributed by atoms with van der Waals surface area (Å²) < 4.78 is 23.1. The Balaban J connectivity index is 1.57. The lowest BCUT2D eigenvalue weighted by molar-refractivity contribution is 0.421. The van der Waals surface area contributed by atoms with Crippen LogP contribution in [-0.4, -0.2) is 34.5 Å². The maximum atomic E-state index is 13.8. The second-order valence-corrected chi connectivity index (χ2v) is 6.59. The highest BCUT2D eigenvalue weighted by Crippen LogP contribution is 2.39. The third-order valence-corrected chi connectivity index (χ3v) is 4.85. The van der Waals surface area contributed by atoms with E-state index in [-0.39, 0.29) is 5.82 Å². The van der Waals surface area contributed by atoms with Crippen LogP contribution >= 0.6 is 0 Å². The summed E-state index contributed by atoms with van der Waals surface area (Å²) in [6.45, 7) is 0.467. The minimum Gasteiger partial charge on any atom is -0.332 e. The summed E-state index contributed by atoms with van der Waals surface area (Å²) in [5.74, 6) is 1.83. The third-order valence-electron chi connectivity index (χ3n) is 4.85. The first kappa shape index (κ1) is 13.9. The molecule has 3 aromatic heterocycles. The highest BCUT2D eigenvalue weighted by molar-refractivity contribution is 5.70. The average molecular weight is 349 g/mol. The molecule has 0 amide bonds. The van der Waals surface area contributed by atoms with Gasteiger partial charge in [-0.05, 0) is 31.0 Å². The van der Waals surface area contributed by atoms with Crippen molar-refractivity contribution in [2.24, 2.45) is 0 Å². The number of fused-ring (bicyclic) bond motifs is 5. The molecule has 0 atom stereocenters. The lowest BCUT2D eigenvalue weighted by Crippen LogP contribution is -2.03. The molecule has 1 aliphatic carbocycles. The predicted molar refractivity (Wildman–Crippen MR) is 86.9 cm³/mol. The van der Waals surface area contributed by atoms with Gasteiger partial charge in [-0.1, -0.05) is 5.16 Å². The molecule has 26 heavy (non-hydrogen) atoms. The van der Waals surface area contributed by atoms with Gasteiger partial charge in [0.15, 0.2) is 17.3 Å². The van der Waals surface area contributed by atoms with Crippen LogP contribution in [0.3, 0.4) is 0 Å². The number of benzene rings is 1. The maximum Gasteiger partial charge on any atom is 0.278 e. The van der Waals surface area contributed by atoms with Crippen LogP contribution in [-0.2, 0) is 6.54 Å². The van der Waals surface area contributed by atoms with Crippen molar-refractivity contribution in [3.63, 3.8) is 0 Å². The van der Waals surface area contributed by atoms with Crippen LogP contribution in [0, 0.1) is 5.82 Å². The molecule has 0 spiro atoms. The van der Waals surface area contributed by atoms with Gasteiger partial charge in [-0.3, -0.25) is 4.57 Å². The van der Waals surface area contributed by atoms with Crippen molar-refractivity contribution in [3.05, 3.63) is 48.2 Å². The predicted octanol–water partition coefficient (Wildman–Crippen LogP) is 2.56. The van der Waals surface area contributed by atoms with E-state index in [9.17, 15) is 4.39 Å². The quantitative estimate of drug-likeness (QED) is 0.487. The first-order valence-electron chi connectivity index (χ1n) is 8.36. The summed E-state index contributed by atoms with van der Waals surface area (Å²) in [4.78, 5) is 9.01. The van der Waals surface area contributed by atoms with Crippen LogP contribution < -0.4 is 0 Å². The number of imidazole rings is 1. The molecule has 128 valence electrons. The zero-order valence-electron chi connectivity index (χ0n) is 13.5. The van der Waals surface area contributed by atoms with Crippen molar-refractivity contribution in [2.75, 3.05) is 0 Å². The number of hydrogen-bond donors (Lipinski definition) is 0. The monoisotopic (exact) mass is 349 g/mol. The Kier molecular flexibility index (Phi) is 2.58. The van der Waals surface area contributed by atoms with Crippen LogP contribution in [0.2, 0.25) is 0 Å². The van der Waals surface area contributed by atoms with E-state index in [4.69, 9.17) is 4.52 Å². The number of hydrogen-bond acceptors (Lipinski definition) is 6. The molecule has 0 unspecified atom stereocenters. The summed E-state index contributed by atoms with van der Waals surface area (Å²) >= 11 is 0. The van der Waals surface area contributed by atoms with E-state index in [1.165, 1.54) is 12.1 Å². The summed E-state index contributed by atoms with van der Waals surface area (Å²) in [6, 6.07) is 4.60. The van der Waals surface area contributed by atoms with E-state index in [1.807, 2.05) is 9.13 Å². The first-order valence-corrected chi connectivity index (χ1v) is 8.36. The summed E-state index contributed by atoms with van der Waals surface area (Å²) in [5, 5.41) is 12.2. The van der Waals surface area contributed by atoms with Crippen molar-refractivity contribution >= 4 is 0 Å². The topological polar surface area (TPSA) is 87.4 Å². The van der Waals surface area contributed by atoms with Crippen LogP contribution in [0.4, 0.5) is 4.39 Å². The van der Waals surface area contributed by atoms with E-state index >= 15 is 0 Å². The second-order valence-electron chi connectivity index (χ2n) is 6.59. The summed E-state index contributed by atoms with van der Waals surface area (Å²) in [7, 11) is 0. The molecule has 0 saturated heterocycles. The molecule has 2 aliphatic rings. The normalized spacial score (nSPS) is 15.3. The van der Waals surface area contributed by atoms with E-state index in [0.717, 1.165) is 30.0 Å². The highest BCUT2D eigenvalue weighted by Gasteiger charge is 2.31. The van der Waals surface area contributed by atoms with Gasteiger partial charge >= 0.3 is 0 Å². The van der Waals surface area contributed by atoms with Crippen molar-refractivity contribution in [3.8, 4) is 28.7 Å². The van der Waals surface area contributed by atoms with Gasteiger partial charge in [-0.25, -0.2) is 9.37 Å². The van der Waals surface area contributed by atoms with Gasteiger partial charge in [0.1, 0.15) is 18.5 Å². The van der Waals surface area contributed by atoms with Gasteiger partial charge in [-0.15, -0.1) is 10.2 Å². The SMILES string of the molecule is Fc1ccc2c(c1)-c1nncn1Cc1c(-c3nc(C4CC4)no3)ncn1-2. The molecule has 8 nitrogen and oxygen atoms in total. The maximum absolute atomic E-state index is 13.8. The molecular weight excluding hydrogens is 337 g/mol. The van der Waals surface area contributed by atoms with E-state index in [0.29, 0.717) is 35.4 Å². The fraction of sp³-hybridized carbons (Fsp3) is 0.235. The fourth-order valence-electron chi connectivity index (χ4n) is 3.39. The number of aromatic nitrogens is 7. The zero-order chi connectivity index (χ0) is 17.3. The molecule has 9 heteroatoms. The first-order chi connectivity index (χ1) is 12.8. The van der Waals surface area contributed by atoms with E-state index < -0.39 is 0 Å². The van der Waals surface area contributed by atoms with Crippen LogP contribution in [0.25, 0.3) is 28.7 Å². The molecule has 4 heterocycles. The van der Waals surface area contributed by atoms with Crippen molar-refractivity contribution in [1.29, 1.82) is 0 Å². The molecule has 6 rings (SSSR count). The lowest BCUT2D eigenvalue weighted by atomic mass is 10.1. The minimum absolute atomic E-state index is 0.326. The molecule has 1 aliphatic heterocycles. The van der Waals surface area contributed by atoms with Crippen LogP contribution in [0.1, 0.15) is 30.3 Å². The Bertz CT molecular complexity index is 1150. The van der Waals surface area contributed by atoms with Gasteiger partial charge in [-0.2, -0.15) is 4.98 Å². The van der Waals surface area contributed by atoms with E-state index in [2.05, 4.69) is 25.3 Å². The van der Waals surface area contributed by atoms with Gasteiger partial charge in [0.25, 0.3) is 5.89 Å². The highest BCUT2D eigenvalue weighted by atomic mass is 19.1. The Morgan fingerprint density at radius 1 is 1.19 bits per heavy atom. The van der Waals surface area contributed by atoms with Gasteiger partial charge < -0.3 is 9.09 Å². The van der Waals surface area contributed by atoms with Gasteiger partial charge in [0, 0.05) is 11.5 Å². The third kappa shape index (κ3) is 1.91. The van der Waals surface area contributed by atoms with Crippen molar-refractivity contribution in [1.82, 2.24) is 34.5 Å². The minimum atomic E-state index is -0.326. The Labute approximate surface area is 146 Å². The van der Waals surface area contributed by atoms with Crippen molar-refractivity contribution in [2.45, 2.75) is 25.3 Å². The Hall–Kier alpha value is -3.36. The molecule has 1 aromatic carbocycles. The number of rotatable bonds is 2. The second kappa shape index (κ2) is 4.84. The Morgan fingerprint density at radius 3 is 3.00 bits per heavy atom. The molecule has 1 saturated carbocycles.